The molecule has 5 N–H and O–H groups in total. The van der Waals surface area contributed by atoms with Gasteiger partial charge in [-0.3, -0.25) is 4.79 Å². The zero-order valence-electron chi connectivity index (χ0n) is 15.6. The summed E-state index contributed by atoms with van der Waals surface area (Å²) in [5, 5.41) is 47.9. The van der Waals surface area contributed by atoms with Crippen molar-refractivity contribution in [2.45, 2.75) is 43.7 Å². The highest BCUT2D eigenvalue weighted by Gasteiger charge is 2.43. The van der Waals surface area contributed by atoms with E-state index in [1.807, 2.05) is 36.4 Å². The number of rotatable bonds is 7. The van der Waals surface area contributed by atoms with Crippen LogP contribution in [0, 0.1) is 0 Å². The van der Waals surface area contributed by atoms with Crippen LogP contribution in [0.25, 0.3) is 11.1 Å². The van der Waals surface area contributed by atoms with Gasteiger partial charge < -0.3 is 35.0 Å². The van der Waals surface area contributed by atoms with Crippen LogP contribution in [-0.2, 0) is 27.3 Å². The Hall–Kier alpha value is -2.33. The number of hydrogen-bond donors (Lipinski definition) is 5. The predicted molar refractivity (Wildman–Crippen MR) is 102 cm³/mol. The summed E-state index contributed by atoms with van der Waals surface area (Å²) >= 11 is 0. The molecule has 0 aliphatic carbocycles. The predicted octanol–water partition coefficient (Wildman–Crippen LogP) is 0.297. The Morgan fingerprint density at radius 1 is 0.931 bits per heavy atom. The Labute approximate surface area is 167 Å². The first-order valence-electron chi connectivity index (χ1n) is 9.21. The van der Waals surface area contributed by atoms with E-state index >= 15 is 0 Å². The second kappa shape index (κ2) is 9.45. The first-order valence-corrected chi connectivity index (χ1v) is 9.21. The zero-order valence-corrected chi connectivity index (χ0v) is 15.6. The van der Waals surface area contributed by atoms with E-state index in [-0.39, 0.29) is 13.0 Å². The lowest BCUT2D eigenvalue weighted by molar-refractivity contribution is -0.304. The summed E-state index contributed by atoms with van der Waals surface area (Å²) in [4.78, 5) is 10.9. The van der Waals surface area contributed by atoms with E-state index < -0.39 is 43.3 Å². The Morgan fingerprint density at radius 2 is 1.55 bits per heavy atom. The summed E-state index contributed by atoms with van der Waals surface area (Å²) in [6, 6.07) is 14.6. The molecule has 0 saturated carbocycles. The van der Waals surface area contributed by atoms with Crippen molar-refractivity contribution < 1.29 is 39.8 Å². The number of hydrogen-bond acceptors (Lipinski definition) is 7. The molecule has 8 heteroatoms. The van der Waals surface area contributed by atoms with Gasteiger partial charge in [-0.1, -0.05) is 42.5 Å². The fourth-order valence-corrected chi connectivity index (χ4v) is 3.26. The summed E-state index contributed by atoms with van der Waals surface area (Å²) in [7, 11) is 0. The summed E-state index contributed by atoms with van der Waals surface area (Å²) in [6.45, 7) is -0.460. The van der Waals surface area contributed by atoms with E-state index in [1.165, 1.54) is 0 Å². The van der Waals surface area contributed by atoms with Crippen molar-refractivity contribution in [3.63, 3.8) is 0 Å². The van der Waals surface area contributed by atoms with Crippen LogP contribution in [0.1, 0.15) is 11.1 Å². The fourth-order valence-electron chi connectivity index (χ4n) is 3.26. The molecule has 0 bridgehead atoms. The van der Waals surface area contributed by atoms with Gasteiger partial charge in [0.05, 0.1) is 19.6 Å². The number of carboxylic acid groups (broad SMARTS) is 1. The minimum atomic E-state index is -1.49. The number of aliphatic hydroxyl groups excluding tert-OH is 4. The Morgan fingerprint density at radius 3 is 2.17 bits per heavy atom. The number of aliphatic carboxylic acids is 1. The lowest BCUT2D eigenvalue weighted by atomic mass is 9.99. The molecule has 8 nitrogen and oxygen atoms in total. The van der Waals surface area contributed by atoms with Crippen molar-refractivity contribution in [2.24, 2.45) is 0 Å². The van der Waals surface area contributed by atoms with Gasteiger partial charge in [0, 0.05) is 0 Å². The number of ether oxygens (including phenoxy) is 2. The van der Waals surface area contributed by atoms with E-state index in [1.54, 1.807) is 12.1 Å². The van der Waals surface area contributed by atoms with Gasteiger partial charge in [-0.15, -0.1) is 0 Å². The number of carbonyl (C=O) groups is 1. The topological polar surface area (TPSA) is 137 Å². The standard InChI is InChI=1S/C21H24O8/c22-10-16-18(25)19(26)20(27)21(29-16)28-11-13-4-2-6-15(8-13)14-5-1-3-12(7-14)9-17(23)24/h1-8,16,18-22,25-27H,9-11H2,(H,23,24)/t16-,18-,19+,20+,21+/m1/s1. The third kappa shape index (κ3) is 5.18. The molecule has 0 amide bonds. The average molecular weight is 404 g/mol. The Balaban J connectivity index is 1.70. The quantitative estimate of drug-likeness (QED) is 0.444. The normalized spacial score (nSPS) is 27.0. The van der Waals surface area contributed by atoms with Gasteiger partial charge in [0.2, 0.25) is 0 Å². The van der Waals surface area contributed by atoms with Gasteiger partial charge in [-0.25, -0.2) is 0 Å². The summed E-state index contributed by atoms with van der Waals surface area (Å²) < 4.78 is 10.9. The lowest BCUT2D eigenvalue weighted by Gasteiger charge is -2.39. The number of carboxylic acids is 1. The first-order chi connectivity index (χ1) is 13.9. The Kier molecular flexibility index (Phi) is 6.96. The maximum atomic E-state index is 10.9. The first kappa shape index (κ1) is 21.4. The minimum absolute atomic E-state index is 0.0609. The SMILES string of the molecule is O=C(O)Cc1cccc(-c2cccc(CO[C@H]3O[C@H](CO)[C@@H](O)[C@H](O)[C@@H]3O)c2)c1. The van der Waals surface area contributed by atoms with Gasteiger partial charge in [0.15, 0.2) is 6.29 Å². The third-order valence-electron chi connectivity index (χ3n) is 4.81. The smallest absolute Gasteiger partial charge is 0.307 e. The molecule has 1 aliphatic heterocycles. The number of benzene rings is 2. The van der Waals surface area contributed by atoms with E-state index in [0.29, 0.717) is 5.56 Å². The van der Waals surface area contributed by atoms with Gasteiger partial charge in [-0.2, -0.15) is 0 Å². The Bertz CT molecular complexity index is 837. The molecular formula is C21H24O8. The van der Waals surface area contributed by atoms with Crippen LogP contribution in [0.2, 0.25) is 0 Å². The largest absolute Gasteiger partial charge is 0.481 e. The van der Waals surface area contributed by atoms with E-state index in [2.05, 4.69) is 0 Å². The zero-order chi connectivity index (χ0) is 21.0. The average Bonchev–Trinajstić information content (AvgIpc) is 2.71. The van der Waals surface area contributed by atoms with Crippen LogP contribution in [0.5, 0.6) is 0 Å². The maximum absolute atomic E-state index is 10.9. The summed E-state index contributed by atoms with van der Waals surface area (Å²) in [5.41, 5.74) is 3.19. The van der Waals surface area contributed by atoms with Crippen molar-refractivity contribution in [3.8, 4) is 11.1 Å². The number of aliphatic hydroxyl groups is 4. The second-order valence-electron chi connectivity index (χ2n) is 6.98. The molecule has 1 aliphatic rings. The fraction of sp³-hybridized carbons (Fsp3) is 0.381. The monoisotopic (exact) mass is 404 g/mol. The highest BCUT2D eigenvalue weighted by Crippen LogP contribution is 2.25. The lowest BCUT2D eigenvalue weighted by Crippen LogP contribution is -2.59. The molecule has 2 aromatic rings. The van der Waals surface area contributed by atoms with Crippen LogP contribution in [0.15, 0.2) is 48.5 Å². The summed E-state index contributed by atoms with van der Waals surface area (Å²) in [6.07, 6.45) is -6.67. The van der Waals surface area contributed by atoms with Crippen molar-refractivity contribution >= 4 is 5.97 Å². The molecule has 0 spiro atoms. The van der Waals surface area contributed by atoms with Crippen LogP contribution in [0.3, 0.4) is 0 Å². The van der Waals surface area contributed by atoms with Gasteiger partial charge in [0.1, 0.15) is 24.4 Å². The summed E-state index contributed by atoms with van der Waals surface area (Å²) in [5.74, 6) is -0.899. The van der Waals surface area contributed by atoms with Crippen molar-refractivity contribution in [1.29, 1.82) is 0 Å². The van der Waals surface area contributed by atoms with Gasteiger partial charge >= 0.3 is 5.97 Å². The molecule has 1 heterocycles. The molecule has 0 radical (unpaired) electrons. The molecular weight excluding hydrogens is 380 g/mol. The molecule has 0 aromatic heterocycles. The second-order valence-corrected chi connectivity index (χ2v) is 6.98. The molecule has 156 valence electrons. The van der Waals surface area contributed by atoms with Crippen molar-refractivity contribution in [1.82, 2.24) is 0 Å². The molecule has 3 rings (SSSR count). The van der Waals surface area contributed by atoms with Gasteiger partial charge in [-0.05, 0) is 28.3 Å². The molecule has 2 aromatic carbocycles. The highest BCUT2D eigenvalue weighted by atomic mass is 16.7. The van der Waals surface area contributed by atoms with Crippen molar-refractivity contribution in [3.05, 3.63) is 59.7 Å². The molecule has 29 heavy (non-hydrogen) atoms. The molecule has 1 fully saturated rings. The van der Waals surface area contributed by atoms with Crippen LogP contribution >= 0.6 is 0 Å². The van der Waals surface area contributed by atoms with Crippen LogP contribution < -0.4 is 0 Å². The van der Waals surface area contributed by atoms with Crippen molar-refractivity contribution in [2.75, 3.05) is 6.61 Å². The molecule has 1 saturated heterocycles. The highest BCUT2D eigenvalue weighted by molar-refractivity contribution is 5.72. The van der Waals surface area contributed by atoms with E-state index in [0.717, 1.165) is 16.7 Å². The van der Waals surface area contributed by atoms with Gasteiger partial charge in [0.25, 0.3) is 0 Å². The molecule has 0 unspecified atom stereocenters. The van der Waals surface area contributed by atoms with E-state index in [4.69, 9.17) is 14.6 Å². The molecule has 5 atom stereocenters. The van der Waals surface area contributed by atoms with Crippen LogP contribution in [0.4, 0.5) is 0 Å². The third-order valence-corrected chi connectivity index (χ3v) is 4.81. The van der Waals surface area contributed by atoms with Crippen LogP contribution in [-0.4, -0.2) is 68.8 Å². The minimum Gasteiger partial charge on any atom is -0.481 e. The van der Waals surface area contributed by atoms with E-state index in [9.17, 15) is 25.2 Å². The maximum Gasteiger partial charge on any atom is 0.307 e.